The van der Waals surface area contributed by atoms with Crippen molar-refractivity contribution in [2.24, 2.45) is 0 Å². The van der Waals surface area contributed by atoms with Gasteiger partial charge in [0, 0.05) is 25.9 Å². The molecule has 1 amide bonds. The number of carboxylic acid groups (broad SMARTS) is 1. The number of fused-ring (bicyclic) bond motifs is 1. The molecule has 0 radical (unpaired) electrons. The molecule has 0 unspecified atom stereocenters. The third-order valence-corrected chi connectivity index (χ3v) is 4.00. The highest BCUT2D eigenvalue weighted by Crippen LogP contribution is 2.39. The van der Waals surface area contributed by atoms with E-state index in [4.69, 9.17) is 9.84 Å². The lowest BCUT2D eigenvalue weighted by molar-refractivity contribution is -0.00529. The summed E-state index contributed by atoms with van der Waals surface area (Å²) < 4.78 is 19.1. The van der Waals surface area contributed by atoms with Gasteiger partial charge in [0.15, 0.2) is 5.78 Å². The van der Waals surface area contributed by atoms with Crippen molar-refractivity contribution in [1.82, 2.24) is 4.90 Å². The molecule has 0 atom stereocenters. The van der Waals surface area contributed by atoms with Crippen LogP contribution in [0.15, 0.2) is 18.2 Å². The van der Waals surface area contributed by atoms with Crippen LogP contribution in [0.2, 0.25) is 0 Å². The molecule has 1 saturated heterocycles. The Morgan fingerprint density at radius 3 is 2.70 bits per heavy atom. The van der Waals surface area contributed by atoms with Crippen LogP contribution in [-0.4, -0.2) is 40.6 Å². The molecule has 1 fully saturated rings. The summed E-state index contributed by atoms with van der Waals surface area (Å²) in [7, 11) is 0. The number of likely N-dealkylation sites (tertiary alicyclic amines) is 1. The monoisotopic (exact) mass is 279 g/mol. The van der Waals surface area contributed by atoms with E-state index in [1.807, 2.05) is 0 Å². The highest BCUT2D eigenvalue weighted by Gasteiger charge is 2.43. The van der Waals surface area contributed by atoms with Crippen LogP contribution in [0.4, 0.5) is 9.18 Å². The van der Waals surface area contributed by atoms with E-state index in [0.29, 0.717) is 31.7 Å². The van der Waals surface area contributed by atoms with Crippen LogP contribution in [0.5, 0.6) is 5.75 Å². The molecule has 3 rings (SSSR count). The molecule has 1 spiro atoms. The van der Waals surface area contributed by atoms with Crippen LogP contribution in [0, 0.1) is 5.82 Å². The Morgan fingerprint density at radius 1 is 1.35 bits per heavy atom. The normalized spacial score (nSPS) is 20.4. The topological polar surface area (TPSA) is 66.8 Å². The molecule has 0 aromatic heterocycles. The maximum atomic E-state index is 13.2. The van der Waals surface area contributed by atoms with E-state index >= 15 is 0 Å². The number of piperidine rings is 1. The SMILES string of the molecule is O=C1CC2(CCN(C(=O)O)CC2)Oc2ccc(F)cc21. The number of benzene rings is 1. The van der Waals surface area contributed by atoms with E-state index in [1.165, 1.54) is 23.1 Å². The predicted molar refractivity (Wildman–Crippen MR) is 67.5 cm³/mol. The number of amides is 1. The average Bonchev–Trinajstić information content (AvgIpc) is 2.40. The Bertz CT molecular complexity index is 579. The number of nitrogens with zero attached hydrogens (tertiary/aromatic N) is 1. The number of Topliss-reactive ketones (excluding diaryl/α,β-unsaturated/α-hetero) is 1. The second-order valence-electron chi connectivity index (χ2n) is 5.30. The maximum absolute atomic E-state index is 13.2. The highest BCUT2D eigenvalue weighted by molar-refractivity contribution is 6.00. The first-order valence-corrected chi connectivity index (χ1v) is 6.49. The van der Waals surface area contributed by atoms with E-state index < -0.39 is 17.5 Å². The fourth-order valence-corrected chi connectivity index (χ4v) is 2.85. The van der Waals surface area contributed by atoms with Crippen molar-refractivity contribution in [2.45, 2.75) is 24.9 Å². The van der Waals surface area contributed by atoms with Crippen LogP contribution in [0.25, 0.3) is 0 Å². The summed E-state index contributed by atoms with van der Waals surface area (Å²) in [6, 6.07) is 3.92. The van der Waals surface area contributed by atoms with Gasteiger partial charge in [-0.05, 0) is 18.2 Å². The zero-order valence-corrected chi connectivity index (χ0v) is 10.8. The number of carbonyl (C=O) groups is 2. The largest absolute Gasteiger partial charge is 0.486 e. The van der Waals surface area contributed by atoms with E-state index in [1.54, 1.807) is 0 Å². The summed E-state index contributed by atoms with van der Waals surface area (Å²) in [6.45, 7) is 0.693. The second-order valence-corrected chi connectivity index (χ2v) is 5.30. The molecule has 5 nitrogen and oxygen atoms in total. The first-order valence-electron chi connectivity index (χ1n) is 6.49. The summed E-state index contributed by atoms with van der Waals surface area (Å²) in [5.41, 5.74) is -0.371. The Hall–Kier alpha value is -2.11. The summed E-state index contributed by atoms with van der Waals surface area (Å²) >= 11 is 0. The van der Waals surface area contributed by atoms with Crippen molar-refractivity contribution in [3.8, 4) is 5.75 Å². The van der Waals surface area contributed by atoms with Crippen molar-refractivity contribution in [1.29, 1.82) is 0 Å². The summed E-state index contributed by atoms with van der Waals surface area (Å²) in [5.74, 6) is -0.210. The van der Waals surface area contributed by atoms with Gasteiger partial charge < -0.3 is 14.7 Å². The van der Waals surface area contributed by atoms with Crippen LogP contribution < -0.4 is 4.74 Å². The molecule has 1 aromatic carbocycles. The Balaban J connectivity index is 1.83. The molecule has 106 valence electrons. The third-order valence-electron chi connectivity index (χ3n) is 4.00. The standard InChI is InChI=1S/C14H14FNO4/c15-9-1-2-12-10(7-9)11(17)8-14(20-12)3-5-16(6-4-14)13(18)19/h1-2,7H,3-6,8H2,(H,18,19). The van der Waals surface area contributed by atoms with Gasteiger partial charge >= 0.3 is 6.09 Å². The van der Waals surface area contributed by atoms with Gasteiger partial charge in [-0.3, -0.25) is 4.79 Å². The van der Waals surface area contributed by atoms with E-state index in [-0.39, 0.29) is 17.8 Å². The Morgan fingerprint density at radius 2 is 2.05 bits per heavy atom. The fourth-order valence-electron chi connectivity index (χ4n) is 2.85. The highest BCUT2D eigenvalue weighted by atomic mass is 19.1. The number of hydrogen-bond acceptors (Lipinski definition) is 3. The van der Waals surface area contributed by atoms with E-state index in [9.17, 15) is 14.0 Å². The first kappa shape index (κ1) is 12.9. The molecule has 2 heterocycles. The molecule has 20 heavy (non-hydrogen) atoms. The van der Waals surface area contributed by atoms with Gasteiger partial charge in [0.25, 0.3) is 0 Å². The zero-order valence-electron chi connectivity index (χ0n) is 10.8. The first-order chi connectivity index (χ1) is 9.49. The van der Waals surface area contributed by atoms with Crippen LogP contribution in [0.3, 0.4) is 0 Å². The molecule has 1 aromatic rings. The minimum atomic E-state index is -0.954. The summed E-state index contributed by atoms with van der Waals surface area (Å²) in [6.07, 6.45) is 0.171. The van der Waals surface area contributed by atoms with Crippen molar-refractivity contribution in [3.63, 3.8) is 0 Å². The molecule has 0 aliphatic carbocycles. The zero-order chi connectivity index (χ0) is 14.3. The molecule has 2 aliphatic rings. The number of ketones is 1. The van der Waals surface area contributed by atoms with Crippen LogP contribution >= 0.6 is 0 Å². The molecule has 2 aliphatic heterocycles. The number of halogens is 1. The van der Waals surface area contributed by atoms with E-state index in [2.05, 4.69) is 0 Å². The van der Waals surface area contributed by atoms with Crippen molar-refractivity contribution < 1.29 is 23.8 Å². The lowest BCUT2D eigenvalue weighted by atomic mass is 9.82. The summed E-state index contributed by atoms with van der Waals surface area (Å²) in [5, 5.41) is 8.94. The lowest BCUT2D eigenvalue weighted by Gasteiger charge is -2.43. The molecule has 6 heteroatoms. The van der Waals surface area contributed by atoms with Gasteiger partial charge in [-0.1, -0.05) is 0 Å². The molecule has 0 saturated carbocycles. The lowest BCUT2D eigenvalue weighted by Crippen LogP contribution is -2.52. The number of ether oxygens (including phenoxy) is 1. The summed E-state index contributed by atoms with van der Waals surface area (Å²) in [4.78, 5) is 24.4. The number of hydrogen-bond donors (Lipinski definition) is 1. The molecular formula is C14H14FNO4. The minimum Gasteiger partial charge on any atom is -0.486 e. The maximum Gasteiger partial charge on any atom is 0.407 e. The predicted octanol–water partition coefficient (Wildman–Crippen LogP) is 2.30. The third kappa shape index (κ3) is 2.11. The van der Waals surface area contributed by atoms with Gasteiger partial charge in [0.05, 0.1) is 12.0 Å². The minimum absolute atomic E-state index is 0.144. The van der Waals surface area contributed by atoms with Gasteiger partial charge in [-0.15, -0.1) is 0 Å². The van der Waals surface area contributed by atoms with Gasteiger partial charge in [0.2, 0.25) is 0 Å². The van der Waals surface area contributed by atoms with Crippen molar-refractivity contribution >= 4 is 11.9 Å². The van der Waals surface area contributed by atoms with Crippen molar-refractivity contribution in [2.75, 3.05) is 13.1 Å². The molecular weight excluding hydrogens is 265 g/mol. The van der Waals surface area contributed by atoms with Gasteiger partial charge in [-0.25, -0.2) is 9.18 Å². The van der Waals surface area contributed by atoms with Crippen LogP contribution in [0.1, 0.15) is 29.6 Å². The van der Waals surface area contributed by atoms with Gasteiger partial charge in [0.1, 0.15) is 17.2 Å². The fraction of sp³-hybridized carbons (Fsp3) is 0.429. The number of rotatable bonds is 0. The quantitative estimate of drug-likeness (QED) is 0.791. The second kappa shape index (κ2) is 4.47. The van der Waals surface area contributed by atoms with Gasteiger partial charge in [-0.2, -0.15) is 0 Å². The van der Waals surface area contributed by atoms with Crippen molar-refractivity contribution in [3.05, 3.63) is 29.6 Å². The molecule has 0 bridgehead atoms. The Labute approximate surface area is 114 Å². The molecule has 1 N–H and O–H groups in total. The van der Waals surface area contributed by atoms with Crippen LogP contribution in [-0.2, 0) is 0 Å². The Kier molecular flexibility index (Phi) is 2.88. The smallest absolute Gasteiger partial charge is 0.407 e. The number of carbonyl (C=O) groups excluding carboxylic acids is 1. The average molecular weight is 279 g/mol. The van der Waals surface area contributed by atoms with E-state index in [0.717, 1.165) is 0 Å².